The highest BCUT2D eigenvalue weighted by atomic mass is 127. The smallest absolute Gasteiger partial charge is 0.215 e. The lowest BCUT2D eigenvalue weighted by Gasteiger charge is -2.12. The molecule has 3 N–H and O–H groups in total. The number of hydrogen-bond donors (Lipinski definition) is 3. The van der Waals surface area contributed by atoms with Gasteiger partial charge in [0.05, 0.1) is 5.75 Å². The van der Waals surface area contributed by atoms with E-state index in [4.69, 9.17) is 0 Å². The number of hydrogen-bond acceptors (Lipinski definition) is 3. The van der Waals surface area contributed by atoms with Gasteiger partial charge < -0.3 is 10.6 Å². The summed E-state index contributed by atoms with van der Waals surface area (Å²) in [5.41, 5.74) is 1.79. The number of benzene rings is 1. The molecule has 1 aliphatic rings. The fraction of sp³-hybridized carbons (Fsp3) is 0.533. The van der Waals surface area contributed by atoms with Crippen LogP contribution in [0.2, 0.25) is 0 Å². The van der Waals surface area contributed by atoms with Crippen LogP contribution in [0.3, 0.4) is 0 Å². The normalized spacial score (nSPS) is 20.6. The molecule has 0 spiro atoms. The average Bonchev–Trinajstić information content (AvgIpc) is 3.18. The van der Waals surface area contributed by atoms with Crippen LogP contribution in [0.1, 0.15) is 24.5 Å². The van der Waals surface area contributed by atoms with Crippen LogP contribution in [0.15, 0.2) is 29.3 Å². The van der Waals surface area contributed by atoms with E-state index in [-0.39, 0.29) is 29.7 Å². The minimum Gasteiger partial charge on any atom is -0.353 e. The van der Waals surface area contributed by atoms with E-state index >= 15 is 0 Å². The fourth-order valence-electron chi connectivity index (χ4n) is 2.20. The van der Waals surface area contributed by atoms with Gasteiger partial charge in [-0.25, -0.2) is 13.1 Å². The molecule has 2 rings (SSSR count). The zero-order valence-electron chi connectivity index (χ0n) is 13.7. The van der Waals surface area contributed by atoms with E-state index in [9.17, 15) is 8.42 Å². The second-order valence-electron chi connectivity index (χ2n) is 5.67. The van der Waals surface area contributed by atoms with E-state index in [2.05, 4.69) is 27.3 Å². The number of guanidine groups is 1. The van der Waals surface area contributed by atoms with E-state index in [1.54, 1.807) is 7.05 Å². The minimum atomic E-state index is -3.25. The Labute approximate surface area is 155 Å². The summed E-state index contributed by atoms with van der Waals surface area (Å²) >= 11 is 0. The van der Waals surface area contributed by atoms with Gasteiger partial charge in [0.2, 0.25) is 10.0 Å². The van der Waals surface area contributed by atoms with Crippen LogP contribution < -0.4 is 15.4 Å². The van der Waals surface area contributed by atoms with Crippen LogP contribution in [0.25, 0.3) is 0 Å². The monoisotopic (exact) mass is 452 g/mol. The van der Waals surface area contributed by atoms with Gasteiger partial charge in [-0.3, -0.25) is 4.99 Å². The highest BCUT2D eigenvalue weighted by Gasteiger charge is 2.33. The van der Waals surface area contributed by atoms with Crippen molar-refractivity contribution in [2.75, 3.05) is 14.1 Å². The van der Waals surface area contributed by atoms with Crippen LogP contribution in [-0.2, 0) is 22.3 Å². The third-order valence-corrected chi connectivity index (χ3v) is 5.11. The first kappa shape index (κ1) is 20.2. The third kappa shape index (κ3) is 6.64. The Bertz CT molecular complexity index is 649. The molecular formula is C15H25IN4O2S. The van der Waals surface area contributed by atoms with Gasteiger partial charge in [0.25, 0.3) is 0 Å². The standard InChI is InChI=1S/C15H24N4O2S.HI/c1-11-7-14(11)19-15(16-2)18-9-12-5-4-6-13(8-12)10-22(20,21)17-3;/h4-6,8,11,14,17H,7,9-10H2,1-3H3,(H2,16,18,19);1H. The summed E-state index contributed by atoms with van der Waals surface area (Å²) in [7, 11) is -0.0713. The Morgan fingerprint density at radius 2 is 2.00 bits per heavy atom. The lowest BCUT2D eigenvalue weighted by atomic mass is 10.1. The zero-order chi connectivity index (χ0) is 16.2. The largest absolute Gasteiger partial charge is 0.353 e. The quantitative estimate of drug-likeness (QED) is 0.347. The number of nitrogens with zero attached hydrogens (tertiary/aromatic N) is 1. The van der Waals surface area contributed by atoms with Gasteiger partial charge in [-0.1, -0.05) is 31.2 Å². The molecule has 8 heteroatoms. The number of rotatable bonds is 6. The molecule has 1 aromatic carbocycles. The summed E-state index contributed by atoms with van der Waals surface area (Å²) in [6.45, 7) is 2.81. The van der Waals surface area contributed by atoms with Crippen molar-refractivity contribution in [3.8, 4) is 0 Å². The summed E-state index contributed by atoms with van der Waals surface area (Å²) in [6.07, 6.45) is 1.18. The van der Waals surface area contributed by atoms with Gasteiger partial charge in [0.15, 0.2) is 5.96 Å². The van der Waals surface area contributed by atoms with Crippen molar-refractivity contribution in [3.63, 3.8) is 0 Å². The second kappa shape index (κ2) is 8.84. The van der Waals surface area contributed by atoms with Crippen molar-refractivity contribution < 1.29 is 8.42 Å². The summed E-state index contributed by atoms with van der Waals surface area (Å²) in [5.74, 6) is 1.47. The molecule has 0 aromatic heterocycles. The maximum atomic E-state index is 11.6. The lowest BCUT2D eigenvalue weighted by Crippen LogP contribution is -2.38. The summed E-state index contributed by atoms with van der Waals surface area (Å²) < 4.78 is 25.5. The molecule has 1 saturated carbocycles. The lowest BCUT2D eigenvalue weighted by molar-refractivity contribution is 0.587. The molecule has 0 aliphatic heterocycles. The van der Waals surface area contributed by atoms with E-state index in [1.165, 1.54) is 13.5 Å². The summed E-state index contributed by atoms with van der Waals surface area (Å²) in [4.78, 5) is 4.20. The fourth-order valence-corrected chi connectivity index (χ4v) is 2.96. The van der Waals surface area contributed by atoms with Crippen LogP contribution >= 0.6 is 24.0 Å². The molecule has 0 radical (unpaired) electrons. The van der Waals surface area contributed by atoms with Gasteiger partial charge in [-0.2, -0.15) is 0 Å². The van der Waals surface area contributed by atoms with Crippen molar-refractivity contribution in [3.05, 3.63) is 35.4 Å². The zero-order valence-corrected chi connectivity index (χ0v) is 16.8. The predicted octanol–water partition coefficient (Wildman–Crippen LogP) is 1.43. The summed E-state index contributed by atoms with van der Waals surface area (Å²) in [6, 6.07) is 8.07. The molecule has 2 atom stereocenters. The molecule has 130 valence electrons. The Balaban J connectivity index is 0.00000264. The van der Waals surface area contributed by atoms with Gasteiger partial charge in [0, 0.05) is 19.6 Å². The molecule has 0 amide bonds. The SMILES string of the molecule is CN=C(NCc1cccc(CS(=O)(=O)NC)c1)NC1CC1C.I. The topological polar surface area (TPSA) is 82.6 Å². The Morgan fingerprint density at radius 3 is 2.57 bits per heavy atom. The van der Waals surface area contributed by atoms with E-state index in [0.29, 0.717) is 18.5 Å². The number of halogens is 1. The molecule has 1 fully saturated rings. The van der Waals surface area contributed by atoms with Crippen LogP contribution in [0, 0.1) is 5.92 Å². The number of nitrogens with one attached hydrogen (secondary N) is 3. The van der Waals surface area contributed by atoms with Gasteiger partial charge in [-0.15, -0.1) is 24.0 Å². The molecule has 1 aromatic rings. The Hall–Kier alpha value is -0.870. The van der Waals surface area contributed by atoms with E-state index in [1.807, 2.05) is 24.3 Å². The van der Waals surface area contributed by atoms with Crippen molar-refractivity contribution in [1.29, 1.82) is 0 Å². The van der Waals surface area contributed by atoms with Gasteiger partial charge in [0.1, 0.15) is 0 Å². The van der Waals surface area contributed by atoms with Crippen molar-refractivity contribution in [2.24, 2.45) is 10.9 Å². The maximum absolute atomic E-state index is 11.6. The summed E-state index contributed by atoms with van der Waals surface area (Å²) in [5, 5.41) is 6.61. The first-order valence-corrected chi connectivity index (χ1v) is 9.05. The van der Waals surface area contributed by atoms with Crippen LogP contribution in [-0.4, -0.2) is 34.5 Å². The molecular weight excluding hydrogens is 427 g/mol. The highest BCUT2D eigenvalue weighted by Crippen LogP contribution is 2.28. The van der Waals surface area contributed by atoms with Crippen molar-refractivity contribution in [2.45, 2.75) is 31.7 Å². The van der Waals surface area contributed by atoms with Crippen LogP contribution in [0.4, 0.5) is 0 Å². The van der Waals surface area contributed by atoms with E-state index < -0.39 is 10.0 Å². The first-order valence-electron chi connectivity index (χ1n) is 7.39. The maximum Gasteiger partial charge on any atom is 0.215 e. The molecule has 0 heterocycles. The minimum absolute atomic E-state index is 0. The molecule has 0 saturated heterocycles. The third-order valence-electron chi connectivity index (χ3n) is 3.77. The van der Waals surface area contributed by atoms with Gasteiger partial charge >= 0.3 is 0 Å². The second-order valence-corrected chi connectivity index (χ2v) is 7.60. The van der Waals surface area contributed by atoms with Gasteiger partial charge in [-0.05, 0) is 30.5 Å². The molecule has 23 heavy (non-hydrogen) atoms. The first-order chi connectivity index (χ1) is 10.4. The molecule has 0 bridgehead atoms. The number of sulfonamides is 1. The van der Waals surface area contributed by atoms with Crippen molar-refractivity contribution >= 4 is 40.0 Å². The predicted molar refractivity (Wildman–Crippen MR) is 104 cm³/mol. The molecule has 2 unspecified atom stereocenters. The highest BCUT2D eigenvalue weighted by molar-refractivity contribution is 14.0. The Morgan fingerprint density at radius 1 is 1.35 bits per heavy atom. The van der Waals surface area contributed by atoms with Crippen LogP contribution in [0.5, 0.6) is 0 Å². The molecule has 1 aliphatic carbocycles. The Kier molecular flexibility index (Phi) is 7.75. The molecule has 6 nitrogen and oxygen atoms in total. The average molecular weight is 452 g/mol. The van der Waals surface area contributed by atoms with E-state index in [0.717, 1.165) is 17.1 Å². The number of aliphatic imine (C=N–C) groups is 1. The van der Waals surface area contributed by atoms with Crippen molar-refractivity contribution in [1.82, 2.24) is 15.4 Å².